The Morgan fingerprint density at radius 1 is 0.944 bits per heavy atom. The van der Waals surface area contributed by atoms with Crippen LogP contribution in [0.3, 0.4) is 0 Å². The second-order valence-corrected chi connectivity index (χ2v) is 9.59. The lowest BCUT2D eigenvalue weighted by molar-refractivity contribution is 0.0189. The van der Waals surface area contributed by atoms with E-state index < -0.39 is 5.60 Å². The van der Waals surface area contributed by atoms with E-state index in [1.54, 1.807) is 24.3 Å². The standard InChI is InChI=1S/C17H25FN2O3.C9H10FNO.ClH/c1-17(2,3)23-16(21)19-9-4-10-20-11-15(12-20)22-14-7-5-13(18)6-8-14;10-7-1-3-8(4-2-7)12-9-5-11-6-9;/h5-8,15H,4,9-12H2,1-3H3,(H,19,21);1-4,9,11H,5-6H2;1H. The number of carbonyl (C=O) groups is 1. The van der Waals surface area contributed by atoms with Crippen molar-refractivity contribution in [1.29, 1.82) is 0 Å². The lowest BCUT2D eigenvalue weighted by Gasteiger charge is -2.39. The molecule has 0 saturated carbocycles. The Balaban J connectivity index is 0.000000294. The SMILES string of the molecule is CC(C)(C)OC(=O)NCCCN1CC(Oc2ccc(F)cc2)C1.Cl.Fc1ccc(OC2CNC2)cc1. The van der Waals surface area contributed by atoms with E-state index in [4.69, 9.17) is 14.2 Å². The first-order valence-electron chi connectivity index (χ1n) is 11.9. The van der Waals surface area contributed by atoms with Gasteiger partial charge in [-0.3, -0.25) is 4.90 Å². The lowest BCUT2D eigenvalue weighted by Crippen LogP contribution is -2.54. The highest BCUT2D eigenvalue weighted by molar-refractivity contribution is 5.85. The fourth-order valence-electron chi connectivity index (χ4n) is 3.34. The highest BCUT2D eigenvalue weighted by Gasteiger charge is 2.27. The minimum atomic E-state index is -0.466. The Kier molecular flexibility index (Phi) is 11.7. The fraction of sp³-hybridized carbons (Fsp3) is 0.500. The molecule has 0 atom stereocenters. The molecule has 2 aromatic carbocycles. The Labute approximate surface area is 217 Å². The van der Waals surface area contributed by atoms with Crippen LogP contribution in [-0.4, -0.2) is 68.1 Å². The number of nitrogens with zero attached hydrogens (tertiary/aromatic N) is 1. The average molecular weight is 528 g/mol. The van der Waals surface area contributed by atoms with E-state index in [0.717, 1.165) is 44.9 Å². The van der Waals surface area contributed by atoms with Crippen LogP contribution in [-0.2, 0) is 4.74 Å². The topological polar surface area (TPSA) is 72.1 Å². The third-order valence-electron chi connectivity index (χ3n) is 5.22. The van der Waals surface area contributed by atoms with Crippen molar-refractivity contribution in [1.82, 2.24) is 15.5 Å². The zero-order valence-corrected chi connectivity index (χ0v) is 21.8. The Hall–Kier alpha value is -2.62. The van der Waals surface area contributed by atoms with Crippen LogP contribution < -0.4 is 20.1 Å². The molecule has 36 heavy (non-hydrogen) atoms. The van der Waals surface area contributed by atoms with Crippen molar-refractivity contribution in [2.75, 3.05) is 39.3 Å². The van der Waals surface area contributed by atoms with Gasteiger partial charge in [0.1, 0.15) is 40.9 Å². The highest BCUT2D eigenvalue weighted by atomic mass is 35.5. The van der Waals surface area contributed by atoms with Crippen molar-refractivity contribution in [3.8, 4) is 11.5 Å². The van der Waals surface area contributed by atoms with Gasteiger partial charge in [0.2, 0.25) is 0 Å². The maximum absolute atomic E-state index is 12.8. The van der Waals surface area contributed by atoms with Crippen molar-refractivity contribution in [2.24, 2.45) is 0 Å². The molecule has 7 nitrogen and oxygen atoms in total. The normalized spacial score (nSPS) is 15.8. The molecular formula is C26H36ClF2N3O4. The van der Waals surface area contributed by atoms with E-state index in [1.165, 1.54) is 24.3 Å². The van der Waals surface area contributed by atoms with Crippen molar-refractivity contribution < 1.29 is 27.8 Å². The quantitative estimate of drug-likeness (QED) is 0.496. The first-order valence-corrected chi connectivity index (χ1v) is 11.9. The summed E-state index contributed by atoms with van der Waals surface area (Å²) >= 11 is 0. The second kappa shape index (κ2) is 14.2. The van der Waals surface area contributed by atoms with Gasteiger partial charge in [0.05, 0.1) is 0 Å². The van der Waals surface area contributed by atoms with Crippen molar-refractivity contribution in [3.05, 3.63) is 60.2 Å². The van der Waals surface area contributed by atoms with Crippen LogP contribution >= 0.6 is 12.4 Å². The summed E-state index contributed by atoms with van der Waals surface area (Å²) in [6.07, 6.45) is 0.899. The summed E-state index contributed by atoms with van der Waals surface area (Å²) in [5.41, 5.74) is -0.466. The summed E-state index contributed by atoms with van der Waals surface area (Å²) in [4.78, 5) is 13.7. The van der Waals surface area contributed by atoms with E-state index >= 15 is 0 Å². The smallest absolute Gasteiger partial charge is 0.407 e. The van der Waals surface area contributed by atoms with Crippen LogP contribution in [0.4, 0.5) is 13.6 Å². The molecule has 2 fully saturated rings. The van der Waals surface area contributed by atoms with Crippen LogP contribution in [0.1, 0.15) is 27.2 Å². The second-order valence-electron chi connectivity index (χ2n) is 9.59. The number of hydrogen-bond donors (Lipinski definition) is 2. The summed E-state index contributed by atoms with van der Waals surface area (Å²) < 4.78 is 41.6. The van der Waals surface area contributed by atoms with Crippen molar-refractivity contribution in [3.63, 3.8) is 0 Å². The third kappa shape index (κ3) is 11.0. The number of likely N-dealkylation sites (tertiary alicyclic amines) is 1. The number of nitrogens with one attached hydrogen (secondary N) is 2. The molecule has 2 saturated heterocycles. The van der Waals surface area contributed by atoms with Crippen LogP contribution in [0.5, 0.6) is 11.5 Å². The summed E-state index contributed by atoms with van der Waals surface area (Å²) in [5, 5.41) is 5.84. The van der Waals surface area contributed by atoms with E-state index in [9.17, 15) is 13.6 Å². The largest absolute Gasteiger partial charge is 0.488 e. The summed E-state index contributed by atoms with van der Waals surface area (Å²) in [5.74, 6) is 0.949. The van der Waals surface area contributed by atoms with E-state index in [-0.39, 0.29) is 42.3 Å². The van der Waals surface area contributed by atoms with Gasteiger partial charge in [0, 0.05) is 39.3 Å². The molecule has 2 aliphatic rings. The lowest BCUT2D eigenvalue weighted by atomic mass is 10.1. The van der Waals surface area contributed by atoms with Crippen LogP contribution in [0.2, 0.25) is 0 Å². The van der Waals surface area contributed by atoms with E-state index in [0.29, 0.717) is 12.3 Å². The van der Waals surface area contributed by atoms with Gasteiger partial charge in [-0.15, -0.1) is 12.4 Å². The summed E-state index contributed by atoms with van der Waals surface area (Å²) in [6, 6.07) is 12.2. The predicted octanol–water partition coefficient (Wildman–Crippen LogP) is 4.40. The van der Waals surface area contributed by atoms with E-state index in [2.05, 4.69) is 15.5 Å². The van der Waals surface area contributed by atoms with Crippen LogP contribution in [0.15, 0.2) is 48.5 Å². The first kappa shape index (κ1) is 29.6. The molecule has 0 aliphatic carbocycles. The van der Waals surface area contributed by atoms with E-state index in [1.807, 2.05) is 20.8 Å². The monoisotopic (exact) mass is 527 g/mol. The number of hydrogen-bond acceptors (Lipinski definition) is 6. The first-order chi connectivity index (χ1) is 16.7. The molecule has 0 aromatic heterocycles. The van der Waals surface area contributed by atoms with Gasteiger partial charge in [-0.1, -0.05) is 0 Å². The Morgan fingerprint density at radius 3 is 1.89 bits per heavy atom. The minimum Gasteiger partial charge on any atom is -0.488 e. The van der Waals surface area contributed by atoms with Gasteiger partial charge < -0.3 is 24.8 Å². The van der Waals surface area contributed by atoms with Crippen molar-refractivity contribution in [2.45, 2.75) is 45.0 Å². The van der Waals surface area contributed by atoms with Gasteiger partial charge in [0.25, 0.3) is 0 Å². The average Bonchev–Trinajstić information content (AvgIpc) is 2.73. The molecule has 0 unspecified atom stereocenters. The van der Waals surface area contributed by atoms with Gasteiger partial charge in [-0.05, 0) is 75.7 Å². The molecule has 10 heteroatoms. The molecule has 0 spiro atoms. The maximum Gasteiger partial charge on any atom is 0.407 e. The predicted molar refractivity (Wildman–Crippen MR) is 137 cm³/mol. The molecule has 4 rings (SSSR count). The number of halogens is 3. The number of ether oxygens (including phenoxy) is 3. The molecule has 1 amide bonds. The number of alkyl carbamates (subject to hydrolysis) is 1. The molecule has 0 bridgehead atoms. The van der Waals surface area contributed by atoms with Gasteiger partial charge in [-0.2, -0.15) is 0 Å². The Morgan fingerprint density at radius 2 is 1.44 bits per heavy atom. The fourth-order valence-corrected chi connectivity index (χ4v) is 3.34. The number of carbonyl (C=O) groups excluding carboxylic acids is 1. The summed E-state index contributed by atoms with van der Waals surface area (Å²) in [6.45, 7) is 10.5. The number of benzene rings is 2. The van der Waals surface area contributed by atoms with Gasteiger partial charge in [-0.25, -0.2) is 13.6 Å². The molecule has 0 radical (unpaired) electrons. The number of amides is 1. The zero-order valence-electron chi connectivity index (χ0n) is 21.0. The highest BCUT2D eigenvalue weighted by Crippen LogP contribution is 2.18. The Bertz CT molecular complexity index is 916. The molecule has 2 heterocycles. The minimum absolute atomic E-state index is 0. The van der Waals surface area contributed by atoms with Gasteiger partial charge >= 0.3 is 6.09 Å². The molecular weight excluding hydrogens is 492 g/mol. The molecule has 200 valence electrons. The van der Waals surface area contributed by atoms with Crippen molar-refractivity contribution >= 4 is 18.5 Å². The molecule has 2 aliphatic heterocycles. The number of rotatable bonds is 8. The maximum atomic E-state index is 12.8. The van der Waals surface area contributed by atoms with Gasteiger partial charge in [0.15, 0.2) is 0 Å². The van der Waals surface area contributed by atoms with Crippen LogP contribution in [0.25, 0.3) is 0 Å². The van der Waals surface area contributed by atoms with Crippen LogP contribution in [0, 0.1) is 11.6 Å². The molecule has 2 aromatic rings. The molecule has 2 N–H and O–H groups in total. The summed E-state index contributed by atoms with van der Waals surface area (Å²) in [7, 11) is 0. The zero-order chi connectivity index (χ0) is 25.3. The third-order valence-corrected chi connectivity index (χ3v) is 5.22.